The molecule has 0 bridgehead atoms. The van der Waals surface area contributed by atoms with Gasteiger partial charge in [-0.2, -0.15) is 5.10 Å². The summed E-state index contributed by atoms with van der Waals surface area (Å²) in [5.74, 6) is -0.510. The van der Waals surface area contributed by atoms with Crippen LogP contribution < -0.4 is 10.2 Å². The number of rotatable bonds is 6. The maximum atomic E-state index is 13.3. The van der Waals surface area contributed by atoms with Gasteiger partial charge in [-0.3, -0.25) is 4.79 Å². The van der Waals surface area contributed by atoms with Crippen LogP contribution >= 0.6 is 15.9 Å². The van der Waals surface area contributed by atoms with E-state index in [0.29, 0.717) is 17.9 Å². The highest BCUT2D eigenvalue weighted by Crippen LogP contribution is 2.20. The first-order chi connectivity index (χ1) is 11.5. The molecule has 2 rings (SSSR count). The second-order valence-electron chi connectivity index (χ2n) is 4.85. The number of phenols is 1. The molecule has 0 aliphatic carbocycles. The van der Waals surface area contributed by atoms with E-state index in [2.05, 4.69) is 26.5 Å². The van der Waals surface area contributed by atoms with Crippen LogP contribution in [0.4, 0.5) is 4.39 Å². The van der Waals surface area contributed by atoms with E-state index in [1.165, 1.54) is 12.1 Å². The molecule has 0 saturated heterocycles. The predicted octanol–water partition coefficient (Wildman–Crippen LogP) is 3.60. The summed E-state index contributed by atoms with van der Waals surface area (Å²) in [6.07, 6.45) is 0.407. The van der Waals surface area contributed by atoms with Crippen LogP contribution in [0.15, 0.2) is 52.0 Å². The lowest BCUT2D eigenvalue weighted by atomic mass is 10.1. The maximum absolute atomic E-state index is 13.3. The van der Waals surface area contributed by atoms with Crippen LogP contribution in [0.2, 0.25) is 0 Å². The number of halogens is 2. The second kappa shape index (κ2) is 8.44. The van der Waals surface area contributed by atoms with Crippen molar-refractivity contribution in [1.82, 2.24) is 5.43 Å². The number of nitrogens with zero attached hydrogens (tertiary/aromatic N) is 1. The van der Waals surface area contributed by atoms with E-state index in [-0.39, 0.29) is 17.9 Å². The van der Waals surface area contributed by atoms with Crippen molar-refractivity contribution >= 4 is 27.5 Å². The number of benzene rings is 2. The Hall–Kier alpha value is -2.41. The molecule has 24 heavy (non-hydrogen) atoms. The molecule has 0 heterocycles. The van der Waals surface area contributed by atoms with Gasteiger partial charge in [0.15, 0.2) is 6.61 Å². The van der Waals surface area contributed by atoms with Crippen LogP contribution in [0.1, 0.15) is 18.9 Å². The molecule has 2 aromatic rings. The molecule has 0 spiro atoms. The third-order valence-corrected chi connectivity index (χ3v) is 3.58. The number of aromatic hydroxyl groups is 1. The third kappa shape index (κ3) is 5.06. The van der Waals surface area contributed by atoms with Crippen LogP contribution in [-0.4, -0.2) is 23.3 Å². The first-order valence-electron chi connectivity index (χ1n) is 7.22. The van der Waals surface area contributed by atoms with E-state index in [1.54, 1.807) is 25.1 Å². The second-order valence-corrected chi connectivity index (χ2v) is 5.77. The van der Waals surface area contributed by atoms with Crippen molar-refractivity contribution in [2.24, 2.45) is 5.10 Å². The number of phenolic OH excluding ortho intramolecular Hbond substituents is 1. The molecule has 0 aromatic heterocycles. The minimum Gasteiger partial charge on any atom is -0.507 e. The fourth-order valence-corrected chi connectivity index (χ4v) is 2.32. The normalized spacial score (nSPS) is 11.2. The number of hydrazone groups is 1. The highest BCUT2D eigenvalue weighted by molar-refractivity contribution is 9.10. The van der Waals surface area contributed by atoms with Crippen LogP contribution in [-0.2, 0) is 4.79 Å². The molecule has 0 radical (unpaired) electrons. The van der Waals surface area contributed by atoms with Gasteiger partial charge in [0.25, 0.3) is 5.91 Å². The van der Waals surface area contributed by atoms with E-state index in [9.17, 15) is 14.3 Å². The van der Waals surface area contributed by atoms with Crippen molar-refractivity contribution in [1.29, 1.82) is 0 Å². The molecule has 0 atom stereocenters. The van der Waals surface area contributed by atoms with E-state index >= 15 is 0 Å². The first kappa shape index (κ1) is 17.9. The van der Waals surface area contributed by atoms with Gasteiger partial charge in [0.05, 0.1) is 5.71 Å². The number of hydrogen-bond acceptors (Lipinski definition) is 4. The Balaban J connectivity index is 1.99. The van der Waals surface area contributed by atoms with Gasteiger partial charge in [-0.05, 0) is 42.8 Å². The minimum absolute atomic E-state index is 0.100. The summed E-state index contributed by atoms with van der Waals surface area (Å²) in [7, 11) is 0. The van der Waals surface area contributed by atoms with Crippen molar-refractivity contribution in [2.45, 2.75) is 13.3 Å². The predicted molar refractivity (Wildman–Crippen MR) is 92.7 cm³/mol. The van der Waals surface area contributed by atoms with Gasteiger partial charge >= 0.3 is 0 Å². The zero-order chi connectivity index (χ0) is 17.5. The standard InChI is InChI=1S/C17H16BrFN2O3/c1-2-15(14-9-12(19)6-7-16(14)22)20-21-17(23)10-24-13-5-3-4-11(18)8-13/h3-9,22H,2,10H2,1H3,(H,21,23). The molecule has 1 amide bonds. The fourth-order valence-electron chi connectivity index (χ4n) is 1.94. The number of hydrogen-bond donors (Lipinski definition) is 2. The highest BCUT2D eigenvalue weighted by atomic mass is 79.9. The topological polar surface area (TPSA) is 70.9 Å². The van der Waals surface area contributed by atoms with Gasteiger partial charge in [-0.15, -0.1) is 0 Å². The fraction of sp³-hybridized carbons (Fsp3) is 0.176. The summed E-state index contributed by atoms with van der Waals surface area (Å²) < 4.78 is 19.5. The molecule has 2 aromatic carbocycles. The molecular formula is C17H16BrFN2O3. The lowest BCUT2D eigenvalue weighted by Gasteiger charge is -2.08. The average Bonchev–Trinajstić information content (AvgIpc) is 2.56. The van der Waals surface area contributed by atoms with Crippen LogP contribution in [0.5, 0.6) is 11.5 Å². The van der Waals surface area contributed by atoms with Gasteiger partial charge in [0.1, 0.15) is 17.3 Å². The van der Waals surface area contributed by atoms with E-state index < -0.39 is 11.7 Å². The molecule has 0 unspecified atom stereocenters. The zero-order valence-corrected chi connectivity index (χ0v) is 14.5. The summed E-state index contributed by atoms with van der Waals surface area (Å²) in [5, 5.41) is 13.7. The molecule has 5 nitrogen and oxygen atoms in total. The summed E-state index contributed by atoms with van der Waals surface area (Å²) in [6, 6.07) is 10.7. The molecular weight excluding hydrogens is 379 g/mol. The Labute approximate surface area is 147 Å². The van der Waals surface area contributed by atoms with Crippen LogP contribution in [0, 0.1) is 5.82 Å². The number of carbonyl (C=O) groups is 1. The summed E-state index contributed by atoms with van der Waals surface area (Å²) in [4.78, 5) is 11.8. The van der Waals surface area contributed by atoms with E-state index in [0.717, 1.165) is 10.5 Å². The van der Waals surface area contributed by atoms with Crippen molar-refractivity contribution in [3.8, 4) is 11.5 Å². The number of nitrogens with one attached hydrogen (secondary N) is 1. The molecule has 0 saturated carbocycles. The Morgan fingerprint density at radius 3 is 2.83 bits per heavy atom. The SMILES string of the molecule is CCC(=NNC(=O)COc1cccc(Br)c1)c1cc(F)ccc1O. The smallest absolute Gasteiger partial charge is 0.277 e. The lowest BCUT2D eigenvalue weighted by Crippen LogP contribution is -2.26. The van der Waals surface area contributed by atoms with Gasteiger partial charge in [0.2, 0.25) is 0 Å². The Morgan fingerprint density at radius 2 is 2.12 bits per heavy atom. The molecule has 126 valence electrons. The molecule has 0 fully saturated rings. The van der Waals surface area contributed by atoms with E-state index in [4.69, 9.17) is 4.74 Å². The summed E-state index contributed by atoms with van der Waals surface area (Å²) in [6.45, 7) is 1.57. The highest BCUT2D eigenvalue weighted by Gasteiger charge is 2.10. The number of amides is 1. The van der Waals surface area contributed by atoms with Crippen molar-refractivity contribution in [2.75, 3.05) is 6.61 Å². The maximum Gasteiger partial charge on any atom is 0.277 e. The summed E-state index contributed by atoms with van der Waals surface area (Å²) >= 11 is 3.31. The molecule has 7 heteroatoms. The Bertz CT molecular complexity index is 765. The summed E-state index contributed by atoms with van der Waals surface area (Å²) in [5.41, 5.74) is 2.95. The Kier molecular flexibility index (Phi) is 6.31. The van der Waals surface area contributed by atoms with Crippen LogP contribution in [0.3, 0.4) is 0 Å². The van der Waals surface area contributed by atoms with Gasteiger partial charge in [-0.1, -0.05) is 28.9 Å². The number of carbonyl (C=O) groups excluding carboxylic acids is 1. The molecule has 0 aliphatic heterocycles. The lowest BCUT2D eigenvalue weighted by molar-refractivity contribution is -0.123. The van der Waals surface area contributed by atoms with Crippen LogP contribution in [0.25, 0.3) is 0 Å². The van der Waals surface area contributed by atoms with Gasteiger partial charge in [-0.25, -0.2) is 9.82 Å². The largest absolute Gasteiger partial charge is 0.507 e. The van der Waals surface area contributed by atoms with Crippen molar-refractivity contribution in [3.63, 3.8) is 0 Å². The zero-order valence-electron chi connectivity index (χ0n) is 12.9. The van der Waals surface area contributed by atoms with Crippen molar-refractivity contribution < 1.29 is 19.0 Å². The first-order valence-corrected chi connectivity index (χ1v) is 8.01. The quantitative estimate of drug-likeness (QED) is 0.580. The molecule has 0 aliphatic rings. The Morgan fingerprint density at radius 1 is 1.33 bits per heavy atom. The monoisotopic (exact) mass is 394 g/mol. The minimum atomic E-state index is -0.492. The van der Waals surface area contributed by atoms with Gasteiger partial charge < -0.3 is 9.84 Å². The number of ether oxygens (including phenoxy) is 1. The average molecular weight is 395 g/mol. The van der Waals surface area contributed by atoms with Crippen molar-refractivity contribution in [3.05, 3.63) is 58.3 Å². The van der Waals surface area contributed by atoms with E-state index in [1.807, 2.05) is 6.07 Å². The van der Waals surface area contributed by atoms with Gasteiger partial charge in [0, 0.05) is 10.0 Å². The molecule has 2 N–H and O–H groups in total. The third-order valence-electron chi connectivity index (χ3n) is 3.09.